The molecular weight excluding hydrogens is 419 g/mol. The molecule has 0 saturated carbocycles. The Morgan fingerprint density at radius 1 is 1.31 bits per heavy atom. The minimum Gasteiger partial charge on any atom is -0.442 e. The lowest BCUT2D eigenvalue weighted by molar-refractivity contribution is -0.119. The summed E-state index contributed by atoms with van der Waals surface area (Å²) in [6, 6.07) is 7.99. The molecule has 1 saturated heterocycles. The molecule has 3 heterocycles. The van der Waals surface area contributed by atoms with E-state index in [1.807, 2.05) is 0 Å². The predicted molar refractivity (Wildman–Crippen MR) is 115 cm³/mol. The Labute approximate surface area is 183 Å². The molecule has 0 unspecified atom stereocenters. The highest BCUT2D eigenvalue weighted by Gasteiger charge is 2.32. The number of halogens is 1. The number of cyclic esters (lactones) is 1. The molecule has 10 nitrogen and oxygen atoms in total. The topological polar surface area (TPSA) is 107 Å². The number of hydrogen-bond acceptors (Lipinski definition) is 7. The molecule has 1 aromatic carbocycles. The third kappa shape index (κ3) is 4.51. The van der Waals surface area contributed by atoms with Crippen LogP contribution in [0.25, 0.3) is 11.1 Å². The summed E-state index contributed by atoms with van der Waals surface area (Å²) in [5.41, 5.74) is 1.29. The number of ether oxygens (including phenoxy) is 1. The summed E-state index contributed by atoms with van der Waals surface area (Å²) in [5, 5.41) is 7.88. The highest BCUT2D eigenvalue weighted by atomic mass is 19.1. The highest BCUT2D eigenvalue weighted by Crippen LogP contribution is 2.29. The van der Waals surface area contributed by atoms with Gasteiger partial charge in [-0.2, -0.15) is 5.10 Å². The second kappa shape index (κ2) is 9.00. The first-order valence-electron chi connectivity index (χ1n) is 9.96. The van der Waals surface area contributed by atoms with Crippen molar-refractivity contribution in [3.63, 3.8) is 0 Å². The van der Waals surface area contributed by atoms with Crippen LogP contribution in [0.4, 0.5) is 20.7 Å². The summed E-state index contributed by atoms with van der Waals surface area (Å²) in [7, 11) is 0. The summed E-state index contributed by atoms with van der Waals surface area (Å²) in [5.74, 6) is -0.0912. The van der Waals surface area contributed by atoms with Gasteiger partial charge in [-0.3, -0.25) is 14.5 Å². The Hall–Kier alpha value is -4.02. The van der Waals surface area contributed by atoms with Crippen LogP contribution in [0.5, 0.6) is 0 Å². The standard InChI is InChI=1S/C21H21FN6O4/c1-14(30)23-10-17-11-28(21(31)32-17)16-3-4-18(19(22)8-16)15-2-5-20(24-9-15)26-6-7-27(13-29)25-12-26/h2-5,8-9,12-13,17H,6-7,10-11H2,1H3,(H,23,30)/t17-/m0/s1. The van der Waals surface area contributed by atoms with Crippen molar-refractivity contribution in [3.8, 4) is 11.1 Å². The number of carbonyl (C=O) groups is 3. The normalized spacial score (nSPS) is 18.0. The predicted octanol–water partition coefficient (Wildman–Crippen LogP) is 1.57. The first kappa shape index (κ1) is 21.2. The van der Waals surface area contributed by atoms with Crippen LogP contribution in [0.3, 0.4) is 0 Å². The Balaban J connectivity index is 1.46. The van der Waals surface area contributed by atoms with Crippen LogP contribution >= 0.6 is 0 Å². The number of aromatic nitrogens is 1. The quantitative estimate of drug-likeness (QED) is 0.684. The molecule has 2 aromatic rings. The van der Waals surface area contributed by atoms with Crippen molar-refractivity contribution in [2.24, 2.45) is 5.10 Å². The van der Waals surface area contributed by atoms with Crippen molar-refractivity contribution in [1.82, 2.24) is 15.3 Å². The van der Waals surface area contributed by atoms with E-state index in [2.05, 4.69) is 15.4 Å². The van der Waals surface area contributed by atoms with Gasteiger partial charge in [0.15, 0.2) is 0 Å². The van der Waals surface area contributed by atoms with Gasteiger partial charge in [0, 0.05) is 30.8 Å². The number of pyridine rings is 1. The lowest BCUT2D eigenvalue weighted by Gasteiger charge is -2.25. The van der Waals surface area contributed by atoms with Crippen LogP contribution in [0.2, 0.25) is 0 Å². The number of hydrogen-bond donors (Lipinski definition) is 1. The summed E-state index contributed by atoms with van der Waals surface area (Å²) < 4.78 is 20.1. The molecule has 1 N–H and O–H groups in total. The second-order valence-electron chi connectivity index (χ2n) is 7.32. The fourth-order valence-corrected chi connectivity index (χ4v) is 3.43. The van der Waals surface area contributed by atoms with Crippen molar-refractivity contribution in [2.45, 2.75) is 13.0 Å². The van der Waals surface area contributed by atoms with Crippen LogP contribution in [0, 0.1) is 5.82 Å². The Kier molecular flexibility index (Phi) is 5.97. The molecule has 32 heavy (non-hydrogen) atoms. The molecule has 0 aliphatic carbocycles. The van der Waals surface area contributed by atoms with Gasteiger partial charge in [-0.05, 0) is 30.3 Å². The van der Waals surface area contributed by atoms with E-state index >= 15 is 0 Å². The molecule has 3 amide bonds. The number of benzene rings is 1. The largest absolute Gasteiger partial charge is 0.442 e. The fourth-order valence-electron chi connectivity index (χ4n) is 3.43. The van der Waals surface area contributed by atoms with Gasteiger partial charge in [-0.1, -0.05) is 0 Å². The average molecular weight is 440 g/mol. The molecule has 0 radical (unpaired) electrons. The minimum absolute atomic E-state index is 0.199. The molecule has 0 spiro atoms. The third-order valence-electron chi connectivity index (χ3n) is 5.10. The molecule has 1 aromatic heterocycles. The lowest BCUT2D eigenvalue weighted by Crippen LogP contribution is -2.37. The zero-order chi connectivity index (χ0) is 22.7. The van der Waals surface area contributed by atoms with E-state index in [-0.39, 0.29) is 19.0 Å². The monoisotopic (exact) mass is 440 g/mol. The average Bonchev–Trinajstić information content (AvgIpc) is 3.18. The Morgan fingerprint density at radius 3 is 2.78 bits per heavy atom. The van der Waals surface area contributed by atoms with Gasteiger partial charge in [0.05, 0.1) is 25.3 Å². The lowest BCUT2D eigenvalue weighted by atomic mass is 10.1. The Bertz CT molecular complexity index is 1060. The molecular formula is C21H21FN6O4. The second-order valence-corrected chi connectivity index (χ2v) is 7.32. The molecule has 11 heteroatoms. The highest BCUT2D eigenvalue weighted by molar-refractivity contribution is 5.90. The van der Waals surface area contributed by atoms with Crippen LogP contribution < -0.4 is 15.1 Å². The van der Waals surface area contributed by atoms with E-state index in [0.717, 1.165) is 0 Å². The zero-order valence-electron chi connectivity index (χ0n) is 17.3. The van der Waals surface area contributed by atoms with Gasteiger partial charge in [0.1, 0.15) is 24.1 Å². The van der Waals surface area contributed by atoms with Gasteiger partial charge >= 0.3 is 6.09 Å². The van der Waals surface area contributed by atoms with Crippen molar-refractivity contribution in [1.29, 1.82) is 0 Å². The number of amides is 3. The molecule has 0 bridgehead atoms. The van der Waals surface area contributed by atoms with Gasteiger partial charge in [0.2, 0.25) is 12.3 Å². The van der Waals surface area contributed by atoms with Gasteiger partial charge in [0.25, 0.3) is 0 Å². The van der Waals surface area contributed by atoms with E-state index in [1.165, 1.54) is 29.2 Å². The van der Waals surface area contributed by atoms with Crippen LogP contribution in [0.1, 0.15) is 6.92 Å². The summed E-state index contributed by atoms with van der Waals surface area (Å²) in [6.45, 7) is 2.79. The van der Waals surface area contributed by atoms with Gasteiger partial charge in [-0.25, -0.2) is 19.2 Å². The number of carbonyl (C=O) groups excluding carboxylic acids is 3. The zero-order valence-corrected chi connectivity index (χ0v) is 17.3. The number of nitrogens with zero attached hydrogens (tertiary/aromatic N) is 5. The van der Waals surface area contributed by atoms with E-state index in [1.54, 1.807) is 35.4 Å². The maximum atomic E-state index is 14.9. The van der Waals surface area contributed by atoms with Gasteiger partial charge in [-0.15, -0.1) is 0 Å². The van der Waals surface area contributed by atoms with Crippen LogP contribution in [0.15, 0.2) is 41.6 Å². The molecule has 2 aliphatic rings. The summed E-state index contributed by atoms with van der Waals surface area (Å²) in [4.78, 5) is 41.4. The molecule has 4 rings (SSSR count). The van der Waals surface area contributed by atoms with E-state index < -0.39 is 18.0 Å². The number of anilines is 2. The van der Waals surface area contributed by atoms with E-state index in [9.17, 15) is 18.8 Å². The smallest absolute Gasteiger partial charge is 0.414 e. The van der Waals surface area contributed by atoms with E-state index in [0.29, 0.717) is 42.1 Å². The van der Waals surface area contributed by atoms with Crippen molar-refractivity contribution < 1.29 is 23.5 Å². The van der Waals surface area contributed by atoms with Crippen LogP contribution in [-0.4, -0.2) is 67.0 Å². The number of nitrogens with one attached hydrogen (secondary N) is 1. The molecule has 1 atom stereocenters. The number of hydrazone groups is 1. The summed E-state index contributed by atoms with van der Waals surface area (Å²) in [6.07, 6.45) is 2.64. The van der Waals surface area contributed by atoms with Crippen molar-refractivity contribution in [2.75, 3.05) is 36.0 Å². The number of rotatable bonds is 6. The molecule has 2 aliphatic heterocycles. The van der Waals surface area contributed by atoms with Crippen molar-refractivity contribution in [3.05, 3.63) is 42.3 Å². The first-order valence-corrected chi connectivity index (χ1v) is 9.96. The SMILES string of the molecule is CC(=O)NC[C@H]1CN(c2ccc(-c3ccc(N4C=NN(C=O)CC4)nc3)c(F)c2)C(=O)O1. The summed E-state index contributed by atoms with van der Waals surface area (Å²) >= 11 is 0. The van der Waals surface area contributed by atoms with E-state index in [4.69, 9.17) is 4.74 Å². The molecule has 166 valence electrons. The third-order valence-corrected chi connectivity index (χ3v) is 5.10. The van der Waals surface area contributed by atoms with Crippen molar-refractivity contribution >= 4 is 36.3 Å². The Morgan fingerprint density at radius 2 is 2.16 bits per heavy atom. The fraction of sp³-hybridized carbons (Fsp3) is 0.286. The maximum Gasteiger partial charge on any atom is 0.414 e. The first-order chi connectivity index (χ1) is 15.4. The van der Waals surface area contributed by atoms with Crippen LogP contribution in [-0.2, 0) is 14.3 Å². The van der Waals surface area contributed by atoms with Gasteiger partial charge < -0.3 is 15.0 Å². The molecule has 1 fully saturated rings. The maximum absolute atomic E-state index is 14.9. The minimum atomic E-state index is -0.588.